The normalized spacial score (nSPS) is 13.3. The van der Waals surface area contributed by atoms with Crippen molar-refractivity contribution in [1.82, 2.24) is 0 Å². The van der Waals surface area contributed by atoms with Crippen LogP contribution in [0.1, 0.15) is 29.3 Å². The molecular formula is C18H17NO4S. The van der Waals surface area contributed by atoms with Gasteiger partial charge in [-0.2, -0.15) is 5.06 Å². The van der Waals surface area contributed by atoms with Crippen molar-refractivity contribution >= 4 is 30.0 Å². The van der Waals surface area contributed by atoms with E-state index in [2.05, 4.69) is 12.6 Å². The zero-order valence-electron chi connectivity index (χ0n) is 13.2. The second-order valence-electron chi connectivity index (χ2n) is 5.40. The minimum Gasteiger partial charge on any atom is -0.494 e. The highest BCUT2D eigenvalue weighted by molar-refractivity contribution is 7.80. The number of ether oxygens (including phenoxy) is 1. The molecule has 2 aromatic rings. The van der Waals surface area contributed by atoms with Gasteiger partial charge in [0.25, 0.3) is 5.78 Å². The first kappa shape index (κ1) is 16.5. The molecule has 6 heteroatoms. The number of amides is 1. The fourth-order valence-electron chi connectivity index (χ4n) is 2.36. The maximum absolute atomic E-state index is 12.2. The van der Waals surface area contributed by atoms with E-state index in [0.29, 0.717) is 23.6 Å². The number of ketones is 1. The highest BCUT2D eigenvalue weighted by Crippen LogP contribution is 2.33. The maximum atomic E-state index is 12.2. The quantitative estimate of drug-likeness (QED) is 0.645. The van der Waals surface area contributed by atoms with Crippen LogP contribution in [-0.2, 0) is 16.2 Å². The summed E-state index contributed by atoms with van der Waals surface area (Å²) in [6.45, 7) is 2.75. The van der Waals surface area contributed by atoms with Crippen LogP contribution in [0.15, 0.2) is 47.4 Å². The summed E-state index contributed by atoms with van der Waals surface area (Å²) in [6.07, 6.45) is 0.871. The van der Waals surface area contributed by atoms with Crippen molar-refractivity contribution < 1.29 is 19.2 Å². The molecule has 3 rings (SSSR count). The first-order chi connectivity index (χ1) is 11.6. The van der Waals surface area contributed by atoms with E-state index in [4.69, 9.17) is 9.57 Å². The molecule has 124 valence electrons. The minimum atomic E-state index is -0.691. The highest BCUT2D eigenvalue weighted by Gasteiger charge is 2.37. The monoisotopic (exact) mass is 343 g/mol. The predicted octanol–water partition coefficient (Wildman–Crippen LogP) is 3.43. The van der Waals surface area contributed by atoms with Gasteiger partial charge in [-0.15, -0.1) is 12.6 Å². The Hall–Kier alpha value is -2.31. The van der Waals surface area contributed by atoms with E-state index in [9.17, 15) is 9.59 Å². The number of hydrogen-bond donors (Lipinski definition) is 1. The highest BCUT2D eigenvalue weighted by atomic mass is 32.1. The molecule has 0 bridgehead atoms. The first-order valence-corrected chi connectivity index (χ1v) is 8.11. The number of hydroxylamine groups is 1. The molecule has 0 aliphatic carbocycles. The Morgan fingerprint density at radius 1 is 1.08 bits per heavy atom. The molecule has 1 aliphatic heterocycles. The fraction of sp³-hybridized carbons (Fsp3) is 0.222. The molecule has 0 unspecified atom stereocenters. The average molecular weight is 343 g/mol. The summed E-state index contributed by atoms with van der Waals surface area (Å²) in [5.41, 5.74) is 1.62. The largest absolute Gasteiger partial charge is 0.494 e. The van der Waals surface area contributed by atoms with Crippen LogP contribution in [-0.4, -0.2) is 18.3 Å². The van der Waals surface area contributed by atoms with E-state index in [1.165, 1.54) is 0 Å². The molecule has 24 heavy (non-hydrogen) atoms. The van der Waals surface area contributed by atoms with Crippen molar-refractivity contribution in [2.75, 3.05) is 11.7 Å². The van der Waals surface area contributed by atoms with Gasteiger partial charge in [0, 0.05) is 11.0 Å². The summed E-state index contributed by atoms with van der Waals surface area (Å²) < 4.78 is 5.56. The van der Waals surface area contributed by atoms with Crippen LogP contribution in [0.4, 0.5) is 5.69 Å². The Morgan fingerprint density at radius 3 is 2.54 bits per heavy atom. The van der Waals surface area contributed by atoms with Crippen molar-refractivity contribution in [3.63, 3.8) is 0 Å². The standard InChI is InChI=1S/C18H17NO4S/c1-2-9-22-13-5-8-15-16(10-13)19(18(21)17(15)20)23-11-12-3-6-14(24)7-4-12/h3-8,10,24H,2,9,11H2,1H3. The lowest BCUT2D eigenvalue weighted by molar-refractivity contribution is -0.121. The number of anilines is 1. The second-order valence-corrected chi connectivity index (χ2v) is 5.91. The molecule has 0 aromatic heterocycles. The number of carbonyl (C=O) groups excluding carboxylic acids is 2. The number of Topliss-reactive ketones (excluding diaryl/α,β-unsaturated/α-hetero) is 1. The Balaban J connectivity index is 1.80. The van der Waals surface area contributed by atoms with Crippen LogP contribution in [0.2, 0.25) is 0 Å². The molecule has 0 saturated heterocycles. The van der Waals surface area contributed by atoms with Gasteiger partial charge >= 0.3 is 5.91 Å². The zero-order chi connectivity index (χ0) is 17.1. The number of thiol groups is 1. The van der Waals surface area contributed by atoms with Gasteiger partial charge in [0.1, 0.15) is 12.4 Å². The average Bonchev–Trinajstić information content (AvgIpc) is 2.83. The number of rotatable bonds is 6. The minimum absolute atomic E-state index is 0.173. The van der Waals surface area contributed by atoms with E-state index in [0.717, 1.165) is 21.9 Å². The third-order valence-electron chi connectivity index (χ3n) is 3.58. The third-order valence-corrected chi connectivity index (χ3v) is 3.88. The molecule has 0 N–H and O–H groups in total. The molecule has 2 aromatic carbocycles. The number of nitrogens with zero attached hydrogens (tertiary/aromatic N) is 1. The predicted molar refractivity (Wildman–Crippen MR) is 92.5 cm³/mol. The topological polar surface area (TPSA) is 55.8 Å². The molecule has 0 radical (unpaired) electrons. The number of benzene rings is 2. The lowest BCUT2D eigenvalue weighted by Gasteiger charge is -2.17. The molecule has 0 atom stereocenters. The fourth-order valence-corrected chi connectivity index (χ4v) is 2.51. The number of carbonyl (C=O) groups is 2. The van der Waals surface area contributed by atoms with E-state index in [-0.39, 0.29) is 6.61 Å². The summed E-state index contributed by atoms with van der Waals surface area (Å²) in [7, 11) is 0. The van der Waals surface area contributed by atoms with E-state index in [1.54, 1.807) is 18.2 Å². The van der Waals surface area contributed by atoms with Crippen molar-refractivity contribution in [2.45, 2.75) is 24.8 Å². The van der Waals surface area contributed by atoms with Crippen molar-refractivity contribution in [3.05, 3.63) is 53.6 Å². The molecular weight excluding hydrogens is 326 g/mol. The van der Waals surface area contributed by atoms with Crippen molar-refractivity contribution in [2.24, 2.45) is 0 Å². The Bertz CT molecular complexity index is 773. The van der Waals surface area contributed by atoms with Crippen LogP contribution < -0.4 is 9.80 Å². The SMILES string of the molecule is CCCOc1ccc2c(c1)N(OCc1ccc(S)cc1)C(=O)C2=O. The van der Waals surface area contributed by atoms with E-state index in [1.807, 2.05) is 31.2 Å². The van der Waals surface area contributed by atoms with Crippen LogP contribution in [0.3, 0.4) is 0 Å². The van der Waals surface area contributed by atoms with Gasteiger partial charge in [0.15, 0.2) is 0 Å². The van der Waals surface area contributed by atoms with E-state index < -0.39 is 11.7 Å². The molecule has 1 amide bonds. The Morgan fingerprint density at radius 2 is 1.83 bits per heavy atom. The summed E-state index contributed by atoms with van der Waals surface area (Å²) in [5.74, 6) is -0.660. The van der Waals surface area contributed by atoms with Gasteiger partial charge in [0.2, 0.25) is 0 Å². The zero-order valence-corrected chi connectivity index (χ0v) is 14.1. The van der Waals surface area contributed by atoms with Gasteiger partial charge < -0.3 is 4.74 Å². The van der Waals surface area contributed by atoms with Crippen LogP contribution in [0.5, 0.6) is 5.75 Å². The van der Waals surface area contributed by atoms with Crippen LogP contribution in [0, 0.1) is 0 Å². The molecule has 0 saturated carbocycles. The Kier molecular flexibility index (Phi) is 4.87. The lowest BCUT2D eigenvalue weighted by Crippen LogP contribution is -2.29. The first-order valence-electron chi connectivity index (χ1n) is 7.66. The molecule has 5 nitrogen and oxygen atoms in total. The summed E-state index contributed by atoms with van der Waals surface area (Å²) in [6, 6.07) is 12.3. The lowest BCUT2D eigenvalue weighted by atomic mass is 10.1. The molecule has 0 fully saturated rings. The summed E-state index contributed by atoms with van der Waals surface area (Å²) in [5, 5.41) is 1.05. The molecule has 1 aliphatic rings. The maximum Gasteiger partial charge on any atom is 0.323 e. The van der Waals surface area contributed by atoms with Crippen molar-refractivity contribution in [3.8, 4) is 5.75 Å². The Labute approximate surface area is 145 Å². The summed E-state index contributed by atoms with van der Waals surface area (Å²) in [4.78, 5) is 30.6. The second kappa shape index (κ2) is 7.07. The molecule has 1 heterocycles. The number of hydrogen-bond acceptors (Lipinski definition) is 5. The molecule has 0 spiro atoms. The van der Waals surface area contributed by atoms with Crippen molar-refractivity contribution in [1.29, 1.82) is 0 Å². The van der Waals surface area contributed by atoms with Gasteiger partial charge in [-0.1, -0.05) is 19.1 Å². The smallest absolute Gasteiger partial charge is 0.323 e. The van der Waals surface area contributed by atoms with Gasteiger partial charge in [0.05, 0.1) is 17.9 Å². The van der Waals surface area contributed by atoms with Gasteiger partial charge in [-0.05, 0) is 36.2 Å². The third kappa shape index (κ3) is 3.29. The van der Waals surface area contributed by atoms with Crippen LogP contribution >= 0.6 is 12.6 Å². The van der Waals surface area contributed by atoms with Crippen LogP contribution in [0.25, 0.3) is 0 Å². The number of fused-ring (bicyclic) bond motifs is 1. The van der Waals surface area contributed by atoms with E-state index >= 15 is 0 Å². The van der Waals surface area contributed by atoms with Gasteiger partial charge in [-0.3, -0.25) is 14.4 Å². The summed E-state index contributed by atoms with van der Waals surface area (Å²) >= 11 is 4.23. The van der Waals surface area contributed by atoms with Gasteiger partial charge in [-0.25, -0.2) is 0 Å².